The molecule has 1 aliphatic rings. The highest BCUT2D eigenvalue weighted by Gasteiger charge is 2.25. The second kappa shape index (κ2) is 4.64. The average Bonchev–Trinajstić information content (AvgIpc) is 2.29. The van der Waals surface area contributed by atoms with Crippen LogP contribution in [0.5, 0.6) is 0 Å². The lowest BCUT2D eigenvalue weighted by Gasteiger charge is -2.40. The number of pyridine rings is 1. The Morgan fingerprint density at radius 3 is 2.69 bits per heavy atom. The molecule has 86 valence electrons. The van der Waals surface area contributed by atoms with Crippen molar-refractivity contribution in [1.29, 1.82) is 0 Å². The number of carbonyl (C=O) groups excluding carboxylic acids is 1. The highest BCUT2D eigenvalue weighted by molar-refractivity contribution is 5.76. The SMILES string of the molecule is CC1CCCC(C)N1c1cc(C=O)ccn1. The van der Waals surface area contributed by atoms with E-state index in [1.165, 1.54) is 19.3 Å². The van der Waals surface area contributed by atoms with Gasteiger partial charge >= 0.3 is 0 Å². The largest absolute Gasteiger partial charge is 0.351 e. The van der Waals surface area contributed by atoms with Gasteiger partial charge in [0.25, 0.3) is 0 Å². The minimum atomic E-state index is 0.512. The second-order valence-electron chi connectivity index (χ2n) is 4.60. The smallest absolute Gasteiger partial charge is 0.150 e. The maximum Gasteiger partial charge on any atom is 0.150 e. The normalized spacial score (nSPS) is 25.5. The van der Waals surface area contributed by atoms with Gasteiger partial charge < -0.3 is 4.90 Å². The van der Waals surface area contributed by atoms with E-state index in [1.54, 1.807) is 12.3 Å². The van der Waals surface area contributed by atoms with E-state index in [0.717, 1.165) is 12.1 Å². The summed E-state index contributed by atoms with van der Waals surface area (Å²) in [4.78, 5) is 17.5. The molecule has 2 heterocycles. The molecule has 0 N–H and O–H groups in total. The van der Waals surface area contributed by atoms with Gasteiger partial charge in [-0.05, 0) is 45.2 Å². The van der Waals surface area contributed by atoms with Gasteiger partial charge in [-0.25, -0.2) is 4.98 Å². The molecule has 0 radical (unpaired) electrons. The number of hydrogen-bond acceptors (Lipinski definition) is 3. The van der Waals surface area contributed by atoms with Crippen LogP contribution >= 0.6 is 0 Å². The number of aldehydes is 1. The Balaban J connectivity index is 2.29. The number of piperidine rings is 1. The van der Waals surface area contributed by atoms with Crippen LogP contribution in [0.15, 0.2) is 18.3 Å². The zero-order chi connectivity index (χ0) is 11.5. The van der Waals surface area contributed by atoms with Gasteiger partial charge in [0.1, 0.15) is 12.1 Å². The number of carbonyl (C=O) groups is 1. The lowest BCUT2D eigenvalue weighted by atomic mass is 9.97. The standard InChI is InChI=1S/C13H18N2O/c1-10-4-3-5-11(2)15(10)13-8-12(9-16)6-7-14-13/h6-11H,3-5H2,1-2H3. The van der Waals surface area contributed by atoms with E-state index in [1.807, 2.05) is 6.07 Å². The number of anilines is 1. The third kappa shape index (κ3) is 2.08. The lowest BCUT2D eigenvalue weighted by Crippen LogP contribution is -2.44. The minimum Gasteiger partial charge on any atom is -0.351 e. The van der Waals surface area contributed by atoms with E-state index >= 15 is 0 Å². The van der Waals surface area contributed by atoms with Crippen molar-refractivity contribution in [2.24, 2.45) is 0 Å². The number of nitrogens with zero attached hydrogens (tertiary/aromatic N) is 2. The van der Waals surface area contributed by atoms with E-state index in [4.69, 9.17) is 0 Å². The lowest BCUT2D eigenvalue weighted by molar-refractivity contribution is 0.112. The van der Waals surface area contributed by atoms with Crippen LogP contribution in [0.1, 0.15) is 43.5 Å². The van der Waals surface area contributed by atoms with E-state index in [9.17, 15) is 4.79 Å². The van der Waals surface area contributed by atoms with Crippen molar-refractivity contribution in [3.8, 4) is 0 Å². The molecule has 1 saturated heterocycles. The number of rotatable bonds is 2. The van der Waals surface area contributed by atoms with Crippen LogP contribution in [-0.2, 0) is 0 Å². The minimum absolute atomic E-state index is 0.512. The van der Waals surface area contributed by atoms with Gasteiger partial charge in [0.2, 0.25) is 0 Å². The third-order valence-electron chi connectivity index (χ3n) is 3.36. The van der Waals surface area contributed by atoms with Crippen LogP contribution in [0, 0.1) is 0 Å². The summed E-state index contributed by atoms with van der Waals surface area (Å²) in [5.74, 6) is 0.935. The fraction of sp³-hybridized carbons (Fsp3) is 0.538. The molecule has 2 rings (SSSR count). The molecule has 1 aromatic rings. The number of hydrogen-bond donors (Lipinski definition) is 0. The van der Waals surface area contributed by atoms with Crippen molar-refractivity contribution >= 4 is 12.1 Å². The highest BCUT2D eigenvalue weighted by atomic mass is 16.1. The van der Waals surface area contributed by atoms with E-state index in [-0.39, 0.29) is 0 Å². The summed E-state index contributed by atoms with van der Waals surface area (Å²) in [6.45, 7) is 4.45. The zero-order valence-electron chi connectivity index (χ0n) is 9.89. The molecule has 1 aliphatic heterocycles. The number of aromatic nitrogens is 1. The molecule has 3 nitrogen and oxygen atoms in total. The first kappa shape index (κ1) is 11.1. The van der Waals surface area contributed by atoms with Crippen molar-refractivity contribution in [3.63, 3.8) is 0 Å². The summed E-state index contributed by atoms with van der Waals surface area (Å²) in [6, 6.07) is 4.65. The zero-order valence-corrected chi connectivity index (χ0v) is 9.89. The Hall–Kier alpha value is -1.38. The van der Waals surface area contributed by atoms with E-state index in [0.29, 0.717) is 17.6 Å². The highest BCUT2D eigenvalue weighted by Crippen LogP contribution is 2.27. The van der Waals surface area contributed by atoms with Crippen molar-refractivity contribution in [1.82, 2.24) is 4.98 Å². The maximum absolute atomic E-state index is 10.8. The van der Waals surface area contributed by atoms with Crippen LogP contribution in [0.3, 0.4) is 0 Å². The third-order valence-corrected chi connectivity index (χ3v) is 3.36. The fourth-order valence-electron chi connectivity index (χ4n) is 2.52. The summed E-state index contributed by atoms with van der Waals surface area (Å²) < 4.78 is 0. The molecule has 3 heteroatoms. The first-order chi connectivity index (χ1) is 7.72. The van der Waals surface area contributed by atoms with Crippen molar-refractivity contribution in [3.05, 3.63) is 23.9 Å². The van der Waals surface area contributed by atoms with E-state index in [2.05, 4.69) is 23.7 Å². The van der Waals surface area contributed by atoms with Gasteiger partial charge in [-0.3, -0.25) is 4.79 Å². The van der Waals surface area contributed by atoms with Crippen LogP contribution in [0.4, 0.5) is 5.82 Å². The summed E-state index contributed by atoms with van der Waals surface area (Å²) >= 11 is 0. The topological polar surface area (TPSA) is 33.2 Å². The molecular weight excluding hydrogens is 200 g/mol. The van der Waals surface area contributed by atoms with Crippen molar-refractivity contribution in [2.45, 2.75) is 45.2 Å². The molecule has 0 spiro atoms. The summed E-state index contributed by atoms with van der Waals surface area (Å²) in [7, 11) is 0. The Morgan fingerprint density at radius 1 is 1.38 bits per heavy atom. The second-order valence-corrected chi connectivity index (χ2v) is 4.60. The summed E-state index contributed by atoms with van der Waals surface area (Å²) in [6.07, 6.45) is 6.29. The first-order valence-electron chi connectivity index (χ1n) is 5.92. The van der Waals surface area contributed by atoms with Crippen LogP contribution < -0.4 is 4.90 Å². The molecule has 2 atom stereocenters. The molecule has 0 amide bonds. The van der Waals surface area contributed by atoms with Gasteiger partial charge in [-0.2, -0.15) is 0 Å². The van der Waals surface area contributed by atoms with Crippen LogP contribution in [0.2, 0.25) is 0 Å². The predicted molar refractivity (Wildman–Crippen MR) is 64.9 cm³/mol. The Morgan fingerprint density at radius 2 is 2.06 bits per heavy atom. The van der Waals surface area contributed by atoms with Crippen molar-refractivity contribution in [2.75, 3.05) is 4.90 Å². The molecule has 0 aliphatic carbocycles. The molecule has 2 unspecified atom stereocenters. The maximum atomic E-state index is 10.8. The Kier molecular flexibility index (Phi) is 3.22. The van der Waals surface area contributed by atoms with Gasteiger partial charge in [-0.1, -0.05) is 0 Å². The molecule has 0 aromatic carbocycles. The summed E-state index contributed by atoms with van der Waals surface area (Å²) in [5.41, 5.74) is 0.704. The van der Waals surface area contributed by atoms with Gasteiger partial charge in [0.05, 0.1) is 0 Å². The molecule has 1 fully saturated rings. The molecular formula is C13H18N2O. The van der Waals surface area contributed by atoms with E-state index < -0.39 is 0 Å². The quantitative estimate of drug-likeness (QED) is 0.715. The van der Waals surface area contributed by atoms with Crippen molar-refractivity contribution < 1.29 is 4.79 Å². The van der Waals surface area contributed by atoms with Gasteiger partial charge in [0, 0.05) is 23.8 Å². The van der Waals surface area contributed by atoms with Crippen LogP contribution in [-0.4, -0.2) is 23.4 Å². The van der Waals surface area contributed by atoms with Gasteiger partial charge in [0.15, 0.2) is 0 Å². The van der Waals surface area contributed by atoms with Gasteiger partial charge in [-0.15, -0.1) is 0 Å². The predicted octanol–water partition coefficient (Wildman–Crippen LogP) is 2.66. The Bertz CT molecular complexity index is 368. The molecule has 16 heavy (non-hydrogen) atoms. The molecule has 1 aromatic heterocycles. The molecule has 0 bridgehead atoms. The average molecular weight is 218 g/mol. The van der Waals surface area contributed by atoms with Crippen LogP contribution in [0.25, 0.3) is 0 Å². The fourth-order valence-corrected chi connectivity index (χ4v) is 2.52. The Labute approximate surface area is 96.5 Å². The monoisotopic (exact) mass is 218 g/mol. The first-order valence-corrected chi connectivity index (χ1v) is 5.92. The summed E-state index contributed by atoms with van der Waals surface area (Å²) in [5, 5.41) is 0. The molecule has 0 saturated carbocycles.